The number of pyridine rings is 1. The average molecular weight is 476 g/mol. The molecule has 1 amide bonds. The Kier molecular flexibility index (Phi) is 6.15. The summed E-state index contributed by atoms with van der Waals surface area (Å²) < 4.78 is 1.68. The van der Waals surface area contributed by atoms with Gasteiger partial charge in [-0.25, -0.2) is 9.97 Å². The minimum Gasteiger partial charge on any atom is -0.382 e. The zero-order chi connectivity index (χ0) is 23.7. The lowest BCUT2D eigenvalue weighted by molar-refractivity contribution is 0.0939. The molecular weight excluding hydrogens is 450 g/mol. The molecule has 1 aliphatic carbocycles. The molecule has 0 spiro atoms. The quantitative estimate of drug-likeness (QED) is 0.435. The normalized spacial score (nSPS) is 14.4. The first-order valence-corrected chi connectivity index (χ1v) is 11.9. The van der Waals surface area contributed by atoms with Crippen molar-refractivity contribution in [2.45, 2.75) is 32.1 Å². The third-order valence-corrected chi connectivity index (χ3v) is 6.59. The fraction of sp³-hybridized carbons (Fsp3) is 0.320. The number of hydrogen-bond acceptors (Lipinski definition) is 6. The summed E-state index contributed by atoms with van der Waals surface area (Å²) in [5.41, 5.74) is 9.33. The van der Waals surface area contributed by atoms with E-state index in [4.69, 9.17) is 22.3 Å². The van der Waals surface area contributed by atoms with Gasteiger partial charge in [0.2, 0.25) is 0 Å². The number of rotatable bonds is 5. The Morgan fingerprint density at radius 3 is 2.76 bits per heavy atom. The average Bonchev–Trinajstić information content (AvgIpc) is 3.29. The van der Waals surface area contributed by atoms with Gasteiger partial charge < -0.3 is 11.1 Å². The first-order chi connectivity index (χ1) is 16.5. The molecular formula is C25H26ClN7O. The van der Waals surface area contributed by atoms with Crippen LogP contribution in [-0.4, -0.2) is 37.2 Å². The molecule has 0 bridgehead atoms. The van der Waals surface area contributed by atoms with Gasteiger partial charge in [0.05, 0.1) is 16.2 Å². The van der Waals surface area contributed by atoms with Crippen molar-refractivity contribution in [2.24, 2.45) is 13.0 Å². The number of amides is 1. The Morgan fingerprint density at radius 2 is 2.00 bits per heavy atom. The van der Waals surface area contributed by atoms with Gasteiger partial charge in [0.15, 0.2) is 11.5 Å². The molecule has 0 saturated heterocycles. The Hall–Kier alpha value is -3.52. The van der Waals surface area contributed by atoms with Crippen molar-refractivity contribution in [3.63, 3.8) is 0 Å². The molecule has 174 valence electrons. The standard InChI is InChI=1S/C25H26ClN7O/c1-33-11-9-19(32-33)22-21(17-12-16-8-5-10-28-20(16)18(26)13-17)30-23(24(27)31-22)25(34)29-14-15-6-3-2-4-7-15/h5,8-13,15H,2-4,6-7,14H2,1H3,(H2,27,31)(H,29,34). The lowest BCUT2D eigenvalue weighted by atomic mass is 9.89. The molecule has 3 N–H and O–H groups in total. The van der Waals surface area contributed by atoms with Crippen LogP contribution in [0.3, 0.4) is 0 Å². The van der Waals surface area contributed by atoms with Crippen molar-refractivity contribution in [3.8, 4) is 22.6 Å². The number of benzene rings is 1. The van der Waals surface area contributed by atoms with Gasteiger partial charge in [0.25, 0.3) is 5.91 Å². The van der Waals surface area contributed by atoms with Crippen LogP contribution in [0.15, 0.2) is 42.7 Å². The molecule has 0 aliphatic heterocycles. The highest BCUT2D eigenvalue weighted by Crippen LogP contribution is 2.34. The summed E-state index contributed by atoms with van der Waals surface area (Å²) in [7, 11) is 1.82. The molecule has 1 saturated carbocycles. The highest BCUT2D eigenvalue weighted by Gasteiger charge is 2.23. The minimum atomic E-state index is -0.321. The van der Waals surface area contributed by atoms with Gasteiger partial charge in [-0.2, -0.15) is 5.10 Å². The second-order valence-electron chi connectivity index (χ2n) is 8.78. The summed E-state index contributed by atoms with van der Waals surface area (Å²) in [6.45, 7) is 0.616. The molecule has 34 heavy (non-hydrogen) atoms. The number of nitrogens with zero attached hydrogens (tertiary/aromatic N) is 5. The number of anilines is 1. The summed E-state index contributed by atoms with van der Waals surface area (Å²) in [5.74, 6) is 0.239. The summed E-state index contributed by atoms with van der Waals surface area (Å²) in [6.07, 6.45) is 9.48. The van der Waals surface area contributed by atoms with E-state index in [1.807, 2.05) is 37.5 Å². The predicted octanol–water partition coefficient (Wildman–Crippen LogP) is 4.64. The maximum atomic E-state index is 13.1. The van der Waals surface area contributed by atoms with Gasteiger partial charge >= 0.3 is 0 Å². The van der Waals surface area contributed by atoms with Gasteiger partial charge in [0.1, 0.15) is 11.4 Å². The number of hydrogen-bond donors (Lipinski definition) is 2. The van der Waals surface area contributed by atoms with Crippen LogP contribution in [0, 0.1) is 5.92 Å². The largest absolute Gasteiger partial charge is 0.382 e. The molecule has 1 aliphatic rings. The zero-order valence-electron chi connectivity index (χ0n) is 19.0. The van der Waals surface area contributed by atoms with E-state index in [9.17, 15) is 4.79 Å². The lowest BCUT2D eigenvalue weighted by Gasteiger charge is -2.21. The number of fused-ring (bicyclic) bond motifs is 1. The lowest BCUT2D eigenvalue weighted by Crippen LogP contribution is -2.31. The summed E-state index contributed by atoms with van der Waals surface area (Å²) in [5, 5.41) is 8.84. The summed E-state index contributed by atoms with van der Waals surface area (Å²) in [6, 6.07) is 9.33. The number of nitrogen functional groups attached to an aromatic ring is 1. The predicted molar refractivity (Wildman–Crippen MR) is 133 cm³/mol. The summed E-state index contributed by atoms with van der Waals surface area (Å²) in [4.78, 5) is 26.7. The van der Waals surface area contributed by atoms with Gasteiger partial charge in [-0.3, -0.25) is 14.5 Å². The third kappa shape index (κ3) is 4.46. The number of aromatic nitrogens is 5. The van der Waals surface area contributed by atoms with E-state index in [2.05, 4.69) is 20.4 Å². The number of aryl methyl sites for hydroxylation is 1. The monoisotopic (exact) mass is 475 g/mol. The van der Waals surface area contributed by atoms with Crippen molar-refractivity contribution in [2.75, 3.05) is 12.3 Å². The Balaban J connectivity index is 1.57. The number of halogens is 1. The number of carbonyl (C=O) groups excluding carboxylic acids is 1. The maximum Gasteiger partial charge on any atom is 0.273 e. The molecule has 0 radical (unpaired) electrons. The van der Waals surface area contributed by atoms with E-state index < -0.39 is 0 Å². The molecule has 3 heterocycles. The molecule has 0 unspecified atom stereocenters. The molecule has 9 heteroatoms. The molecule has 1 aromatic carbocycles. The van der Waals surface area contributed by atoms with Gasteiger partial charge in [-0.05, 0) is 43.0 Å². The van der Waals surface area contributed by atoms with Gasteiger partial charge in [-0.1, -0.05) is 36.9 Å². The maximum absolute atomic E-state index is 13.1. The van der Waals surface area contributed by atoms with Crippen molar-refractivity contribution in [1.82, 2.24) is 30.0 Å². The van der Waals surface area contributed by atoms with Crippen LogP contribution in [0.5, 0.6) is 0 Å². The van der Waals surface area contributed by atoms with Crippen molar-refractivity contribution in [1.29, 1.82) is 0 Å². The molecule has 8 nitrogen and oxygen atoms in total. The summed E-state index contributed by atoms with van der Waals surface area (Å²) >= 11 is 6.55. The van der Waals surface area contributed by atoms with Gasteiger partial charge in [0, 0.05) is 36.9 Å². The first kappa shape index (κ1) is 22.3. The van der Waals surface area contributed by atoms with Crippen molar-refractivity contribution >= 4 is 34.2 Å². The molecule has 1 fully saturated rings. The Morgan fingerprint density at radius 1 is 1.18 bits per heavy atom. The SMILES string of the molecule is Cn1ccc(-c2nc(N)c(C(=O)NCC3CCCCC3)nc2-c2cc(Cl)c3ncccc3c2)n1. The fourth-order valence-corrected chi connectivity index (χ4v) is 4.81. The van der Waals surface area contributed by atoms with Crippen LogP contribution >= 0.6 is 11.6 Å². The van der Waals surface area contributed by atoms with Crippen LogP contribution in [0.4, 0.5) is 5.82 Å². The zero-order valence-corrected chi connectivity index (χ0v) is 19.7. The van der Waals surface area contributed by atoms with Crippen molar-refractivity contribution in [3.05, 3.63) is 53.4 Å². The smallest absolute Gasteiger partial charge is 0.273 e. The number of carbonyl (C=O) groups is 1. The van der Waals surface area contributed by atoms with Crippen molar-refractivity contribution < 1.29 is 4.79 Å². The van der Waals surface area contributed by atoms with Crippen LogP contribution in [0.1, 0.15) is 42.6 Å². The second kappa shape index (κ2) is 9.38. The Labute approximate surface area is 202 Å². The van der Waals surface area contributed by atoms with E-state index in [-0.39, 0.29) is 17.4 Å². The van der Waals surface area contributed by atoms with Gasteiger partial charge in [-0.15, -0.1) is 0 Å². The molecule has 4 aromatic rings. The van der Waals surface area contributed by atoms with E-state index in [0.29, 0.717) is 45.6 Å². The number of nitrogens with two attached hydrogens (primary N) is 1. The van der Waals surface area contributed by atoms with E-state index in [0.717, 1.165) is 18.2 Å². The second-order valence-corrected chi connectivity index (χ2v) is 9.18. The van der Waals surface area contributed by atoms with E-state index in [1.165, 1.54) is 19.3 Å². The number of nitrogens with one attached hydrogen (secondary N) is 1. The van der Waals surface area contributed by atoms with Crippen LogP contribution in [-0.2, 0) is 7.05 Å². The van der Waals surface area contributed by atoms with Crippen LogP contribution in [0.25, 0.3) is 33.5 Å². The molecule has 3 aromatic heterocycles. The van der Waals surface area contributed by atoms with Crippen LogP contribution < -0.4 is 11.1 Å². The molecule has 0 atom stereocenters. The van der Waals surface area contributed by atoms with E-state index >= 15 is 0 Å². The third-order valence-electron chi connectivity index (χ3n) is 6.30. The molecule has 5 rings (SSSR count). The highest BCUT2D eigenvalue weighted by atomic mass is 35.5. The highest BCUT2D eigenvalue weighted by molar-refractivity contribution is 6.35. The minimum absolute atomic E-state index is 0.0686. The van der Waals surface area contributed by atoms with Crippen LogP contribution in [0.2, 0.25) is 5.02 Å². The Bertz CT molecular complexity index is 1360. The fourth-order valence-electron chi connectivity index (χ4n) is 4.53. The first-order valence-electron chi connectivity index (χ1n) is 11.5. The topological polar surface area (TPSA) is 112 Å². The van der Waals surface area contributed by atoms with E-state index in [1.54, 1.807) is 16.9 Å².